The zero-order chi connectivity index (χ0) is 13.7. The predicted molar refractivity (Wildman–Crippen MR) is 72.2 cm³/mol. The third-order valence-electron chi connectivity index (χ3n) is 2.94. The quantitative estimate of drug-likeness (QED) is 0.494. The monoisotopic (exact) mass is 262 g/mol. The normalized spacial score (nSPS) is 13.7. The van der Waals surface area contributed by atoms with Crippen molar-refractivity contribution in [3.05, 3.63) is 24.3 Å². The van der Waals surface area contributed by atoms with Gasteiger partial charge in [-0.3, -0.25) is 4.79 Å². The number of ether oxygens (including phenoxy) is 1. The number of anilines is 1. The van der Waals surface area contributed by atoms with E-state index < -0.39 is 0 Å². The number of amides is 1. The molecule has 0 fully saturated rings. The Labute approximate surface area is 112 Å². The van der Waals surface area contributed by atoms with E-state index in [0.717, 1.165) is 18.5 Å². The van der Waals surface area contributed by atoms with Gasteiger partial charge in [-0.25, -0.2) is 4.79 Å². The molecule has 0 radical (unpaired) electrons. The van der Waals surface area contributed by atoms with Gasteiger partial charge in [-0.15, -0.1) is 0 Å². The van der Waals surface area contributed by atoms with Gasteiger partial charge in [-0.05, 0) is 18.6 Å². The fourth-order valence-electron chi connectivity index (χ4n) is 1.98. The molecule has 5 nitrogen and oxygen atoms in total. The van der Waals surface area contributed by atoms with Crippen LogP contribution in [0.5, 0.6) is 5.75 Å². The number of esters is 1. The van der Waals surface area contributed by atoms with Crippen LogP contribution in [0.25, 0.3) is 0 Å². The first-order valence-electron chi connectivity index (χ1n) is 6.52. The third kappa shape index (κ3) is 3.47. The first-order chi connectivity index (χ1) is 9.20. The molecule has 1 heterocycles. The maximum absolute atomic E-state index is 11.8. The van der Waals surface area contributed by atoms with Gasteiger partial charge in [0, 0.05) is 6.54 Å². The number of benzene rings is 1. The third-order valence-corrected chi connectivity index (χ3v) is 2.94. The Bertz CT molecular complexity index is 474. The Morgan fingerprint density at radius 2 is 2.21 bits per heavy atom. The zero-order valence-electron chi connectivity index (χ0n) is 11.0. The lowest BCUT2D eigenvalue weighted by Crippen LogP contribution is -2.43. The summed E-state index contributed by atoms with van der Waals surface area (Å²) in [7, 11) is 0. The number of para-hydroxylation sites is 2. The average molecular weight is 262 g/mol. The molecule has 0 spiro atoms. The van der Waals surface area contributed by atoms with Crippen molar-refractivity contribution in [1.82, 2.24) is 5.32 Å². The van der Waals surface area contributed by atoms with E-state index in [1.165, 1.54) is 0 Å². The van der Waals surface area contributed by atoms with E-state index in [0.29, 0.717) is 12.3 Å². The van der Waals surface area contributed by atoms with Crippen molar-refractivity contribution in [1.29, 1.82) is 0 Å². The fraction of sp³-hybridized carbons (Fsp3) is 0.429. The molecule has 0 aromatic heterocycles. The lowest BCUT2D eigenvalue weighted by atomic mass is 10.2. The summed E-state index contributed by atoms with van der Waals surface area (Å²) >= 11 is 0. The van der Waals surface area contributed by atoms with Crippen molar-refractivity contribution < 1.29 is 14.3 Å². The van der Waals surface area contributed by atoms with Crippen molar-refractivity contribution in [3.63, 3.8) is 0 Å². The molecule has 2 rings (SSSR count). The summed E-state index contributed by atoms with van der Waals surface area (Å²) in [5.41, 5.74) is 0.785. The van der Waals surface area contributed by atoms with Gasteiger partial charge in [0.1, 0.15) is 6.54 Å². The highest BCUT2D eigenvalue weighted by molar-refractivity contribution is 5.89. The number of nitrogens with zero attached hydrogens (tertiary/aromatic N) is 1. The topological polar surface area (TPSA) is 58.6 Å². The van der Waals surface area contributed by atoms with Gasteiger partial charge in [-0.2, -0.15) is 0 Å². The summed E-state index contributed by atoms with van der Waals surface area (Å²) in [5, 5.41) is 2.84. The largest absolute Gasteiger partial charge is 0.423 e. The molecule has 0 bridgehead atoms. The fourth-order valence-corrected chi connectivity index (χ4v) is 1.98. The highest BCUT2D eigenvalue weighted by Gasteiger charge is 2.24. The smallest absolute Gasteiger partial charge is 0.331 e. The maximum Gasteiger partial charge on any atom is 0.331 e. The minimum absolute atomic E-state index is 0.0713. The van der Waals surface area contributed by atoms with Gasteiger partial charge in [-0.1, -0.05) is 25.5 Å². The minimum Gasteiger partial charge on any atom is -0.423 e. The van der Waals surface area contributed by atoms with Crippen molar-refractivity contribution >= 4 is 17.6 Å². The molecule has 102 valence electrons. The van der Waals surface area contributed by atoms with E-state index in [4.69, 9.17) is 4.74 Å². The van der Waals surface area contributed by atoms with Crippen molar-refractivity contribution in [2.45, 2.75) is 19.8 Å². The summed E-state index contributed by atoms with van der Waals surface area (Å²) in [5.74, 6) is 0.109. The summed E-state index contributed by atoms with van der Waals surface area (Å²) < 4.78 is 5.13. The Balaban J connectivity index is 2.00. The van der Waals surface area contributed by atoms with Crippen molar-refractivity contribution in [2.24, 2.45) is 0 Å². The van der Waals surface area contributed by atoms with Crippen LogP contribution in [0.2, 0.25) is 0 Å². The van der Waals surface area contributed by atoms with Crippen LogP contribution < -0.4 is 15.0 Å². The molecule has 0 unspecified atom stereocenters. The lowest BCUT2D eigenvalue weighted by Gasteiger charge is -2.29. The van der Waals surface area contributed by atoms with E-state index in [1.807, 2.05) is 12.1 Å². The van der Waals surface area contributed by atoms with Gasteiger partial charge in [0.15, 0.2) is 5.75 Å². The van der Waals surface area contributed by atoms with Gasteiger partial charge < -0.3 is 15.0 Å². The van der Waals surface area contributed by atoms with Gasteiger partial charge in [0.05, 0.1) is 12.2 Å². The second-order valence-corrected chi connectivity index (χ2v) is 4.50. The molecular weight excluding hydrogens is 244 g/mol. The van der Waals surface area contributed by atoms with Crippen LogP contribution in [0, 0.1) is 0 Å². The molecule has 0 saturated heterocycles. The zero-order valence-corrected chi connectivity index (χ0v) is 11.0. The Hall–Kier alpha value is -2.04. The van der Waals surface area contributed by atoms with Crippen LogP contribution in [0.4, 0.5) is 5.69 Å². The van der Waals surface area contributed by atoms with Crippen LogP contribution in [0.1, 0.15) is 19.8 Å². The first-order valence-corrected chi connectivity index (χ1v) is 6.52. The van der Waals surface area contributed by atoms with Gasteiger partial charge in [0.2, 0.25) is 5.91 Å². The molecule has 1 N–H and O–H groups in total. The second kappa shape index (κ2) is 6.22. The molecule has 0 aliphatic carbocycles. The summed E-state index contributed by atoms with van der Waals surface area (Å²) in [6.45, 7) is 3.03. The van der Waals surface area contributed by atoms with Crippen LogP contribution in [0.3, 0.4) is 0 Å². The number of hydrogen-bond donors (Lipinski definition) is 1. The molecular formula is C14H18N2O3. The van der Waals surface area contributed by atoms with Crippen LogP contribution in [-0.2, 0) is 9.59 Å². The summed E-state index contributed by atoms with van der Waals surface area (Å²) in [6.07, 6.45) is 2.00. The summed E-state index contributed by atoms with van der Waals surface area (Å²) in [6, 6.07) is 7.24. The average Bonchev–Trinajstić information content (AvgIpc) is 2.39. The maximum atomic E-state index is 11.8. The summed E-state index contributed by atoms with van der Waals surface area (Å²) in [4.78, 5) is 25.0. The van der Waals surface area contributed by atoms with Gasteiger partial charge in [0.25, 0.3) is 0 Å². The van der Waals surface area contributed by atoms with Crippen molar-refractivity contribution in [2.75, 3.05) is 24.5 Å². The highest BCUT2D eigenvalue weighted by Crippen LogP contribution is 2.30. The number of hydrogen-bond acceptors (Lipinski definition) is 4. The molecule has 1 aliphatic rings. The number of nitrogens with one attached hydrogen (secondary N) is 1. The molecule has 1 aromatic carbocycles. The van der Waals surface area contributed by atoms with Gasteiger partial charge >= 0.3 is 5.97 Å². The Kier molecular flexibility index (Phi) is 4.39. The van der Waals surface area contributed by atoms with E-state index >= 15 is 0 Å². The molecule has 1 aromatic rings. The molecule has 0 atom stereocenters. The van der Waals surface area contributed by atoms with E-state index in [9.17, 15) is 9.59 Å². The molecule has 1 aliphatic heterocycles. The van der Waals surface area contributed by atoms with Crippen LogP contribution >= 0.6 is 0 Å². The lowest BCUT2D eigenvalue weighted by molar-refractivity contribution is -0.133. The SMILES string of the molecule is CCCCNC(=O)CN1CC(=O)Oc2ccccc21. The molecule has 19 heavy (non-hydrogen) atoms. The van der Waals surface area contributed by atoms with Crippen molar-refractivity contribution in [3.8, 4) is 5.75 Å². The first kappa shape index (κ1) is 13.4. The molecule has 0 saturated carbocycles. The predicted octanol–water partition coefficient (Wildman–Crippen LogP) is 1.33. The van der Waals surface area contributed by atoms with E-state index in [1.54, 1.807) is 17.0 Å². The Morgan fingerprint density at radius 3 is 3.00 bits per heavy atom. The van der Waals surface area contributed by atoms with Crippen LogP contribution in [-0.4, -0.2) is 31.5 Å². The number of fused-ring (bicyclic) bond motifs is 1. The number of rotatable bonds is 5. The number of carbonyl (C=O) groups excluding carboxylic acids is 2. The van der Waals surface area contributed by atoms with Crippen LogP contribution in [0.15, 0.2) is 24.3 Å². The Morgan fingerprint density at radius 1 is 1.42 bits per heavy atom. The van der Waals surface area contributed by atoms with E-state index in [2.05, 4.69) is 12.2 Å². The second-order valence-electron chi connectivity index (χ2n) is 4.50. The number of carbonyl (C=O) groups is 2. The molecule has 1 amide bonds. The highest BCUT2D eigenvalue weighted by atomic mass is 16.5. The number of unbranched alkanes of at least 4 members (excludes halogenated alkanes) is 1. The minimum atomic E-state index is -0.333. The van der Waals surface area contributed by atoms with E-state index in [-0.39, 0.29) is 25.0 Å². The molecule has 5 heteroatoms. The standard InChI is InChI=1S/C14H18N2O3/c1-2-3-8-15-13(17)9-16-10-14(18)19-12-7-5-4-6-11(12)16/h4-7H,2-3,8-10H2,1H3,(H,15,17).